The fourth-order valence-corrected chi connectivity index (χ4v) is 5.28. The van der Waals surface area contributed by atoms with Crippen molar-refractivity contribution >= 4 is 5.69 Å². The molecule has 0 bridgehead atoms. The van der Waals surface area contributed by atoms with Gasteiger partial charge in [-0.1, -0.05) is 31.4 Å². The van der Waals surface area contributed by atoms with Crippen LogP contribution in [0.3, 0.4) is 0 Å². The maximum Gasteiger partial charge on any atom is 0.142 e. The Bertz CT molecular complexity index is 564. The van der Waals surface area contributed by atoms with Crippen molar-refractivity contribution in [1.29, 1.82) is 0 Å². The highest BCUT2D eigenvalue weighted by molar-refractivity contribution is 5.58. The summed E-state index contributed by atoms with van der Waals surface area (Å²) in [5.41, 5.74) is 1.25. The third-order valence-electron chi connectivity index (χ3n) is 6.78. The molecule has 0 spiro atoms. The number of piperidine rings is 1. The fraction of sp³-hybridized carbons (Fsp3) is 0.727. The lowest BCUT2D eigenvalue weighted by atomic mass is 9.91. The number of rotatable bonds is 4. The summed E-state index contributed by atoms with van der Waals surface area (Å²) in [7, 11) is 1.77. The fourth-order valence-electron chi connectivity index (χ4n) is 5.28. The minimum atomic E-state index is 0.769. The first-order chi connectivity index (χ1) is 12.8. The van der Waals surface area contributed by atoms with Gasteiger partial charge in [0.15, 0.2) is 0 Å². The standard InChI is InChI=1S/C22H35N3O/c1-26-22-12-6-5-11-21(22)24-16-14-23(15-17-24)20-10-7-13-25(18-20)19-8-3-2-4-9-19/h5-6,11-12,19-20H,2-4,7-10,13-18H2,1H3. The zero-order valence-electron chi connectivity index (χ0n) is 16.4. The van der Waals surface area contributed by atoms with Crippen molar-refractivity contribution in [1.82, 2.24) is 9.80 Å². The zero-order valence-corrected chi connectivity index (χ0v) is 16.4. The monoisotopic (exact) mass is 357 g/mol. The number of hydrogen-bond acceptors (Lipinski definition) is 4. The van der Waals surface area contributed by atoms with Crippen molar-refractivity contribution < 1.29 is 4.74 Å². The van der Waals surface area contributed by atoms with Crippen LogP contribution in [0.15, 0.2) is 24.3 Å². The van der Waals surface area contributed by atoms with E-state index in [0.29, 0.717) is 0 Å². The van der Waals surface area contributed by atoms with Crippen molar-refractivity contribution in [3.05, 3.63) is 24.3 Å². The van der Waals surface area contributed by atoms with Gasteiger partial charge in [0, 0.05) is 44.8 Å². The van der Waals surface area contributed by atoms with Gasteiger partial charge in [0.1, 0.15) is 5.75 Å². The highest BCUT2D eigenvalue weighted by Crippen LogP contribution is 2.30. The Balaban J connectivity index is 1.32. The van der Waals surface area contributed by atoms with Gasteiger partial charge in [-0.25, -0.2) is 0 Å². The molecule has 1 atom stereocenters. The second-order valence-corrected chi connectivity index (χ2v) is 8.28. The Morgan fingerprint density at radius 1 is 0.769 bits per heavy atom. The van der Waals surface area contributed by atoms with Crippen LogP contribution < -0.4 is 9.64 Å². The Labute approximate surface area is 159 Å². The number of ether oxygens (including phenoxy) is 1. The first-order valence-corrected chi connectivity index (χ1v) is 10.7. The van der Waals surface area contributed by atoms with E-state index in [-0.39, 0.29) is 0 Å². The van der Waals surface area contributed by atoms with E-state index in [1.807, 2.05) is 0 Å². The van der Waals surface area contributed by atoms with Crippen LogP contribution in [0.5, 0.6) is 5.75 Å². The predicted molar refractivity (Wildman–Crippen MR) is 108 cm³/mol. The number of piperazine rings is 1. The summed E-state index contributed by atoms with van der Waals surface area (Å²) in [4.78, 5) is 8.10. The quantitative estimate of drug-likeness (QED) is 0.819. The molecule has 26 heavy (non-hydrogen) atoms. The summed E-state index contributed by atoms with van der Waals surface area (Å²) in [6.45, 7) is 7.23. The van der Waals surface area contributed by atoms with E-state index in [1.54, 1.807) is 7.11 Å². The summed E-state index contributed by atoms with van der Waals surface area (Å²) < 4.78 is 5.56. The molecular formula is C22H35N3O. The minimum Gasteiger partial charge on any atom is -0.495 e. The molecule has 0 N–H and O–H groups in total. The van der Waals surface area contributed by atoms with Crippen molar-refractivity contribution in [2.45, 2.75) is 57.0 Å². The van der Waals surface area contributed by atoms with Crippen LogP contribution in [-0.2, 0) is 0 Å². The maximum atomic E-state index is 5.56. The number of methoxy groups -OCH3 is 1. The molecule has 4 rings (SSSR count). The number of benzene rings is 1. The van der Waals surface area contributed by atoms with E-state index in [4.69, 9.17) is 4.74 Å². The third-order valence-corrected chi connectivity index (χ3v) is 6.78. The third kappa shape index (κ3) is 4.01. The van der Waals surface area contributed by atoms with Crippen molar-refractivity contribution in [2.24, 2.45) is 0 Å². The summed E-state index contributed by atoms with van der Waals surface area (Å²) in [5.74, 6) is 1.00. The Morgan fingerprint density at radius 2 is 1.50 bits per heavy atom. The van der Waals surface area contributed by atoms with Gasteiger partial charge in [0.2, 0.25) is 0 Å². The van der Waals surface area contributed by atoms with E-state index in [9.17, 15) is 0 Å². The summed E-state index contributed by atoms with van der Waals surface area (Å²) in [6.07, 6.45) is 10.00. The van der Waals surface area contributed by atoms with Gasteiger partial charge in [-0.3, -0.25) is 9.80 Å². The molecule has 4 heteroatoms. The van der Waals surface area contributed by atoms with E-state index >= 15 is 0 Å². The number of anilines is 1. The summed E-state index contributed by atoms with van der Waals surface area (Å²) in [5, 5.41) is 0. The van der Waals surface area contributed by atoms with Crippen LogP contribution in [0.1, 0.15) is 44.9 Å². The molecule has 0 amide bonds. The van der Waals surface area contributed by atoms with Gasteiger partial charge in [-0.2, -0.15) is 0 Å². The summed E-state index contributed by atoms with van der Waals surface area (Å²) in [6, 6.07) is 10.1. The van der Waals surface area contributed by atoms with Crippen molar-refractivity contribution in [3.63, 3.8) is 0 Å². The SMILES string of the molecule is COc1ccccc1N1CCN(C2CCCN(C3CCCCC3)C2)CC1. The normalized spacial score (nSPS) is 26.8. The van der Waals surface area contributed by atoms with Gasteiger partial charge in [-0.15, -0.1) is 0 Å². The summed E-state index contributed by atoms with van der Waals surface area (Å²) >= 11 is 0. The highest BCUT2D eigenvalue weighted by atomic mass is 16.5. The first kappa shape index (κ1) is 18.1. The Hall–Kier alpha value is -1.26. The number of hydrogen-bond donors (Lipinski definition) is 0. The molecule has 0 aromatic heterocycles. The lowest BCUT2D eigenvalue weighted by Crippen LogP contribution is -2.56. The lowest BCUT2D eigenvalue weighted by Gasteiger charge is -2.46. The largest absolute Gasteiger partial charge is 0.495 e. The van der Waals surface area contributed by atoms with Crippen LogP contribution in [-0.4, -0.2) is 68.3 Å². The molecule has 1 saturated carbocycles. The molecule has 2 saturated heterocycles. The second kappa shape index (κ2) is 8.62. The van der Waals surface area contributed by atoms with Gasteiger partial charge >= 0.3 is 0 Å². The van der Waals surface area contributed by atoms with Crippen molar-refractivity contribution in [2.75, 3.05) is 51.3 Å². The number of likely N-dealkylation sites (tertiary alicyclic amines) is 1. The molecule has 3 fully saturated rings. The van der Waals surface area contributed by atoms with E-state index in [2.05, 4.69) is 39.0 Å². The molecule has 1 aromatic carbocycles. The zero-order chi connectivity index (χ0) is 17.8. The van der Waals surface area contributed by atoms with Gasteiger partial charge in [0.25, 0.3) is 0 Å². The second-order valence-electron chi connectivity index (χ2n) is 8.28. The molecule has 144 valence electrons. The van der Waals surface area contributed by atoms with Gasteiger partial charge in [-0.05, 0) is 44.4 Å². The van der Waals surface area contributed by atoms with E-state index in [0.717, 1.165) is 30.9 Å². The van der Waals surface area contributed by atoms with Crippen LogP contribution in [0.25, 0.3) is 0 Å². The molecule has 4 nitrogen and oxygen atoms in total. The molecule has 3 aliphatic rings. The predicted octanol–water partition coefficient (Wildman–Crippen LogP) is 3.61. The lowest BCUT2D eigenvalue weighted by molar-refractivity contribution is 0.0553. The molecule has 1 unspecified atom stereocenters. The van der Waals surface area contributed by atoms with Crippen LogP contribution in [0, 0.1) is 0 Å². The average molecular weight is 358 g/mol. The Morgan fingerprint density at radius 3 is 2.27 bits per heavy atom. The highest BCUT2D eigenvalue weighted by Gasteiger charge is 2.31. The molecular weight excluding hydrogens is 322 g/mol. The minimum absolute atomic E-state index is 0.769. The number of nitrogens with zero attached hydrogens (tertiary/aromatic N) is 3. The number of para-hydroxylation sites is 2. The van der Waals surface area contributed by atoms with Crippen LogP contribution >= 0.6 is 0 Å². The molecule has 0 radical (unpaired) electrons. The Kier molecular flexibility index (Phi) is 6.01. The maximum absolute atomic E-state index is 5.56. The first-order valence-electron chi connectivity index (χ1n) is 10.7. The van der Waals surface area contributed by atoms with Gasteiger partial charge < -0.3 is 9.64 Å². The molecule has 2 heterocycles. The topological polar surface area (TPSA) is 19.0 Å². The van der Waals surface area contributed by atoms with Gasteiger partial charge in [0.05, 0.1) is 12.8 Å². The van der Waals surface area contributed by atoms with Crippen LogP contribution in [0.4, 0.5) is 5.69 Å². The van der Waals surface area contributed by atoms with Crippen LogP contribution in [0.2, 0.25) is 0 Å². The smallest absolute Gasteiger partial charge is 0.142 e. The molecule has 1 aromatic rings. The molecule has 2 aliphatic heterocycles. The van der Waals surface area contributed by atoms with E-state index < -0.39 is 0 Å². The molecule has 1 aliphatic carbocycles. The average Bonchev–Trinajstić information content (AvgIpc) is 2.74. The van der Waals surface area contributed by atoms with E-state index in [1.165, 1.54) is 76.8 Å². The van der Waals surface area contributed by atoms with Crippen molar-refractivity contribution in [3.8, 4) is 5.75 Å².